The zero-order chi connectivity index (χ0) is 15.0. The van der Waals surface area contributed by atoms with Crippen LogP contribution in [0.2, 0.25) is 5.28 Å². The second kappa shape index (κ2) is 8.89. The molecule has 0 aliphatic carbocycles. The van der Waals surface area contributed by atoms with Crippen molar-refractivity contribution < 1.29 is 9.47 Å². The molecule has 0 radical (unpaired) electrons. The van der Waals surface area contributed by atoms with Gasteiger partial charge in [0.1, 0.15) is 0 Å². The third-order valence-corrected chi connectivity index (χ3v) is 2.78. The molecule has 0 aliphatic rings. The van der Waals surface area contributed by atoms with E-state index in [0.717, 1.165) is 13.0 Å². The van der Waals surface area contributed by atoms with Crippen LogP contribution in [0.5, 0.6) is 0 Å². The van der Waals surface area contributed by atoms with E-state index in [0.29, 0.717) is 31.7 Å². The van der Waals surface area contributed by atoms with Gasteiger partial charge in [-0.05, 0) is 18.0 Å². The van der Waals surface area contributed by atoms with Crippen molar-refractivity contribution in [2.45, 2.75) is 6.42 Å². The quantitative estimate of drug-likeness (QED) is 0.633. The molecular weight excluding hydrogens is 282 g/mol. The van der Waals surface area contributed by atoms with Crippen LogP contribution in [0.15, 0.2) is 0 Å². The first-order chi connectivity index (χ1) is 9.58. The monoisotopic (exact) mass is 303 g/mol. The lowest BCUT2D eigenvalue weighted by atomic mass is 10.4. The summed E-state index contributed by atoms with van der Waals surface area (Å²) in [5.41, 5.74) is 0. The summed E-state index contributed by atoms with van der Waals surface area (Å²) in [5.74, 6) is 1.09. The van der Waals surface area contributed by atoms with Crippen LogP contribution in [-0.4, -0.2) is 69.6 Å². The molecule has 8 heteroatoms. The lowest BCUT2D eigenvalue weighted by Crippen LogP contribution is -2.31. The molecule has 0 aliphatic heterocycles. The minimum absolute atomic E-state index is 0.188. The zero-order valence-electron chi connectivity index (χ0n) is 12.5. The minimum Gasteiger partial charge on any atom is -0.385 e. The van der Waals surface area contributed by atoms with E-state index in [-0.39, 0.29) is 5.28 Å². The fourth-order valence-electron chi connectivity index (χ4n) is 1.58. The predicted octanol–water partition coefficient (Wildman–Crippen LogP) is 1.08. The highest BCUT2D eigenvalue weighted by atomic mass is 35.5. The van der Waals surface area contributed by atoms with Crippen molar-refractivity contribution in [3.63, 3.8) is 0 Å². The number of aromatic nitrogens is 3. The number of methoxy groups -OCH3 is 2. The summed E-state index contributed by atoms with van der Waals surface area (Å²) >= 11 is 5.96. The smallest absolute Gasteiger partial charge is 0.231 e. The topological polar surface area (TPSA) is 63.6 Å². The SMILES string of the molecule is COCCCN(CCOC)c1nc(Cl)nc(N(C)C)n1. The molecule has 1 rings (SSSR count). The molecule has 114 valence electrons. The van der Waals surface area contributed by atoms with Crippen LogP contribution in [0.25, 0.3) is 0 Å². The Labute approximate surface area is 124 Å². The lowest BCUT2D eigenvalue weighted by molar-refractivity contribution is 0.190. The van der Waals surface area contributed by atoms with Crippen LogP contribution in [0.3, 0.4) is 0 Å². The molecule has 0 bridgehead atoms. The Balaban J connectivity index is 2.87. The molecule has 0 atom stereocenters. The van der Waals surface area contributed by atoms with Gasteiger partial charge in [-0.15, -0.1) is 0 Å². The van der Waals surface area contributed by atoms with Gasteiger partial charge in [0.05, 0.1) is 6.61 Å². The fraction of sp³-hybridized carbons (Fsp3) is 0.750. The highest BCUT2D eigenvalue weighted by Crippen LogP contribution is 2.15. The zero-order valence-corrected chi connectivity index (χ0v) is 13.2. The number of hydrogen-bond donors (Lipinski definition) is 0. The minimum atomic E-state index is 0.188. The fourth-order valence-corrected chi connectivity index (χ4v) is 1.74. The van der Waals surface area contributed by atoms with Crippen molar-refractivity contribution in [1.82, 2.24) is 15.0 Å². The molecule has 1 heterocycles. The highest BCUT2D eigenvalue weighted by Gasteiger charge is 2.13. The molecule has 20 heavy (non-hydrogen) atoms. The molecule has 0 amide bonds. The Morgan fingerprint density at radius 3 is 2.20 bits per heavy atom. The first kappa shape index (κ1) is 16.9. The van der Waals surface area contributed by atoms with Crippen LogP contribution < -0.4 is 9.80 Å². The Bertz CT molecular complexity index is 405. The van der Waals surface area contributed by atoms with Crippen LogP contribution in [-0.2, 0) is 9.47 Å². The molecule has 1 aromatic heterocycles. The van der Waals surface area contributed by atoms with Gasteiger partial charge in [0, 0.05) is 48.0 Å². The standard InChI is InChI=1S/C12H22ClN5O2/c1-17(2)11-14-10(13)15-12(16-11)18(7-9-20-4)6-5-8-19-3/h5-9H2,1-4H3. The molecule has 0 saturated carbocycles. The van der Waals surface area contributed by atoms with E-state index in [9.17, 15) is 0 Å². The van der Waals surface area contributed by atoms with E-state index in [2.05, 4.69) is 15.0 Å². The predicted molar refractivity (Wildman–Crippen MR) is 79.7 cm³/mol. The summed E-state index contributed by atoms with van der Waals surface area (Å²) in [4.78, 5) is 16.5. The lowest BCUT2D eigenvalue weighted by Gasteiger charge is -2.23. The molecule has 0 unspecified atom stereocenters. The normalized spacial score (nSPS) is 10.7. The molecule has 1 aromatic rings. The first-order valence-electron chi connectivity index (χ1n) is 6.40. The summed E-state index contributed by atoms with van der Waals surface area (Å²) in [6.07, 6.45) is 0.876. The van der Waals surface area contributed by atoms with Gasteiger partial charge >= 0.3 is 0 Å². The average molecular weight is 304 g/mol. The van der Waals surface area contributed by atoms with Crippen LogP contribution >= 0.6 is 11.6 Å². The third kappa shape index (κ3) is 5.44. The number of rotatable bonds is 9. The Morgan fingerprint density at radius 2 is 1.60 bits per heavy atom. The second-order valence-electron chi connectivity index (χ2n) is 4.43. The Morgan fingerprint density at radius 1 is 0.950 bits per heavy atom. The summed E-state index contributed by atoms with van der Waals surface area (Å²) in [6, 6.07) is 0. The van der Waals surface area contributed by atoms with Gasteiger partial charge in [0.25, 0.3) is 0 Å². The number of anilines is 2. The third-order valence-electron chi connectivity index (χ3n) is 2.61. The van der Waals surface area contributed by atoms with E-state index in [1.54, 1.807) is 19.1 Å². The molecule has 0 saturated heterocycles. The van der Waals surface area contributed by atoms with Crippen molar-refractivity contribution in [3.8, 4) is 0 Å². The summed E-state index contributed by atoms with van der Waals surface area (Å²) in [5, 5.41) is 0.188. The van der Waals surface area contributed by atoms with Gasteiger partial charge in [-0.3, -0.25) is 0 Å². The van der Waals surface area contributed by atoms with Crippen LogP contribution in [0, 0.1) is 0 Å². The molecule has 0 aromatic carbocycles. The van der Waals surface area contributed by atoms with Gasteiger partial charge in [0.2, 0.25) is 17.2 Å². The maximum absolute atomic E-state index is 5.96. The average Bonchev–Trinajstić information content (AvgIpc) is 2.42. The van der Waals surface area contributed by atoms with E-state index in [1.807, 2.05) is 19.0 Å². The highest BCUT2D eigenvalue weighted by molar-refractivity contribution is 6.28. The van der Waals surface area contributed by atoms with E-state index in [4.69, 9.17) is 21.1 Å². The Kier molecular flexibility index (Phi) is 7.50. The van der Waals surface area contributed by atoms with Gasteiger partial charge in [-0.1, -0.05) is 0 Å². The van der Waals surface area contributed by atoms with E-state index < -0.39 is 0 Å². The number of halogens is 1. The van der Waals surface area contributed by atoms with Crippen LogP contribution in [0.1, 0.15) is 6.42 Å². The van der Waals surface area contributed by atoms with Crippen molar-refractivity contribution in [2.75, 3.05) is 64.4 Å². The van der Waals surface area contributed by atoms with Gasteiger partial charge in [-0.25, -0.2) is 0 Å². The van der Waals surface area contributed by atoms with Crippen LogP contribution in [0.4, 0.5) is 11.9 Å². The summed E-state index contributed by atoms with van der Waals surface area (Å²) in [6.45, 7) is 2.73. The maximum atomic E-state index is 5.96. The largest absolute Gasteiger partial charge is 0.385 e. The van der Waals surface area contributed by atoms with Gasteiger partial charge in [0.15, 0.2) is 0 Å². The maximum Gasteiger partial charge on any atom is 0.231 e. The van der Waals surface area contributed by atoms with E-state index in [1.165, 1.54) is 0 Å². The molecule has 0 fully saturated rings. The van der Waals surface area contributed by atoms with Crippen molar-refractivity contribution >= 4 is 23.5 Å². The van der Waals surface area contributed by atoms with Crippen molar-refractivity contribution in [2.24, 2.45) is 0 Å². The molecule has 7 nitrogen and oxygen atoms in total. The number of nitrogens with zero attached hydrogens (tertiary/aromatic N) is 5. The Hall–Kier alpha value is -1.18. The van der Waals surface area contributed by atoms with Gasteiger partial charge < -0.3 is 19.3 Å². The summed E-state index contributed by atoms with van der Waals surface area (Å²) in [7, 11) is 7.07. The van der Waals surface area contributed by atoms with Crippen molar-refractivity contribution in [1.29, 1.82) is 0 Å². The van der Waals surface area contributed by atoms with Crippen molar-refractivity contribution in [3.05, 3.63) is 5.28 Å². The second-order valence-corrected chi connectivity index (χ2v) is 4.76. The number of ether oxygens (including phenoxy) is 2. The first-order valence-corrected chi connectivity index (χ1v) is 6.78. The molecular formula is C12H22ClN5O2. The number of hydrogen-bond acceptors (Lipinski definition) is 7. The molecule has 0 N–H and O–H groups in total. The van der Waals surface area contributed by atoms with Gasteiger partial charge in [-0.2, -0.15) is 15.0 Å². The molecule has 0 spiro atoms. The summed E-state index contributed by atoms with van der Waals surface area (Å²) < 4.78 is 10.2. The van der Waals surface area contributed by atoms with E-state index >= 15 is 0 Å².